The molecule has 2 heterocycles. The summed E-state index contributed by atoms with van der Waals surface area (Å²) in [6.07, 6.45) is 0. The highest BCUT2D eigenvalue weighted by molar-refractivity contribution is 5.84. The zero-order valence-electron chi connectivity index (χ0n) is 12.7. The van der Waals surface area contributed by atoms with E-state index in [1.54, 1.807) is 0 Å². The smallest absolute Gasteiger partial charge is 0.243 e. The van der Waals surface area contributed by atoms with E-state index in [0.29, 0.717) is 5.88 Å². The zero-order valence-corrected chi connectivity index (χ0v) is 12.7. The first-order valence-corrected chi connectivity index (χ1v) is 7.01. The largest absolute Gasteiger partial charge is 0.422 e. The molecule has 1 aromatic carbocycles. The van der Waals surface area contributed by atoms with E-state index in [1.165, 1.54) is 0 Å². The number of nitriles is 1. The highest BCUT2D eigenvalue weighted by atomic mass is 16.5. The Bertz CT molecular complexity index is 754. The van der Waals surface area contributed by atoms with Crippen molar-refractivity contribution >= 4 is 11.6 Å². The number of H-pyrrole nitrogens is 1. The van der Waals surface area contributed by atoms with Gasteiger partial charge in [-0.15, -0.1) is 5.10 Å². The van der Waals surface area contributed by atoms with Crippen LogP contribution in [0.4, 0.5) is 5.69 Å². The molecule has 2 N–H and O–H groups in total. The summed E-state index contributed by atoms with van der Waals surface area (Å²) in [5, 5.41) is 24.4. The molecule has 0 saturated heterocycles. The lowest BCUT2D eigenvalue weighted by Gasteiger charge is -2.28. The van der Waals surface area contributed by atoms with Crippen LogP contribution in [0.25, 0.3) is 0 Å². The van der Waals surface area contributed by atoms with Crippen LogP contribution < -0.4 is 9.64 Å². The first-order valence-electron chi connectivity index (χ1n) is 7.01. The minimum absolute atomic E-state index is 0.0526. The number of anilines is 1. The predicted molar refractivity (Wildman–Crippen MR) is 83.4 cm³/mol. The molecule has 6 heteroatoms. The first kappa shape index (κ1) is 14.1. The molecule has 0 amide bonds. The molecule has 0 saturated carbocycles. The summed E-state index contributed by atoms with van der Waals surface area (Å²) in [7, 11) is 3.96. The molecule has 0 bridgehead atoms. The average Bonchev–Trinajstić information content (AvgIpc) is 2.87. The molecule has 112 valence electrons. The number of aromatic amines is 1. The summed E-state index contributed by atoms with van der Waals surface area (Å²) >= 11 is 0. The number of hydrogen-bond acceptors (Lipinski definition) is 5. The van der Waals surface area contributed by atoms with Gasteiger partial charge in [0.05, 0.1) is 6.07 Å². The van der Waals surface area contributed by atoms with Crippen molar-refractivity contribution in [3.05, 3.63) is 41.1 Å². The predicted octanol–water partition coefficient (Wildman–Crippen LogP) is 2.43. The number of nitrogens with one attached hydrogen (secondary N) is 2. The Morgan fingerprint density at radius 3 is 2.59 bits per heavy atom. The van der Waals surface area contributed by atoms with Gasteiger partial charge in [0, 0.05) is 37.0 Å². The third kappa shape index (κ3) is 2.11. The molecular weight excluding hydrogens is 278 g/mol. The molecule has 1 aliphatic rings. The summed E-state index contributed by atoms with van der Waals surface area (Å²) in [6, 6.07) is 10.2. The SMILES string of the molecule is Cc1[nH]nc2c1C(c1ccc(N(C)C)cc1)C(C#N)C(=N)O2. The minimum atomic E-state index is -0.644. The van der Waals surface area contributed by atoms with Gasteiger partial charge in [-0.25, -0.2) is 0 Å². The number of aryl methyl sites for hydroxylation is 1. The topological polar surface area (TPSA) is 88.8 Å². The number of hydrogen-bond donors (Lipinski definition) is 2. The Kier molecular flexibility index (Phi) is 3.33. The van der Waals surface area contributed by atoms with Crippen molar-refractivity contribution < 1.29 is 4.74 Å². The Hall–Kier alpha value is -2.81. The molecule has 22 heavy (non-hydrogen) atoms. The second-order valence-electron chi connectivity index (χ2n) is 5.60. The van der Waals surface area contributed by atoms with Crippen LogP contribution in [0.5, 0.6) is 5.88 Å². The molecule has 2 aromatic rings. The molecule has 3 rings (SSSR count). The Labute approximate surface area is 128 Å². The number of rotatable bonds is 2. The van der Waals surface area contributed by atoms with Crippen LogP contribution in [0.3, 0.4) is 0 Å². The molecular formula is C16H17N5O. The fraction of sp³-hybridized carbons (Fsp3) is 0.312. The molecule has 1 aliphatic heterocycles. The highest BCUT2D eigenvalue weighted by Crippen LogP contribution is 2.42. The van der Waals surface area contributed by atoms with Crippen LogP contribution in [0.2, 0.25) is 0 Å². The maximum Gasteiger partial charge on any atom is 0.243 e. The van der Waals surface area contributed by atoms with Gasteiger partial charge in [-0.2, -0.15) is 5.26 Å². The first-order chi connectivity index (χ1) is 10.5. The lowest BCUT2D eigenvalue weighted by Crippen LogP contribution is -2.31. The van der Waals surface area contributed by atoms with Crippen LogP contribution >= 0.6 is 0 Å². The van der Waals surface area contributed by atoms with Gasteiger partial charge >= 0.3 is 0 Å². The third-order valence-corrected chi connectivity index (χ3v) is 4.00. The van der Waals surface area contributed by atoms with Gasteiger partial charge in [0.1, 0.15) is 5.92 Å². The van der Waals surface area contributed by atoms with E-state index in [9.17, 15) is 5.26 Å². The second-order valence-corrected chi connectivity index (χ2v) is 5.60. The van der Waals surface area contributed by atoms with Gasteiger partial charge in [-0.05, 0) is 24.6 Å². The summed E-state index contributed by atoms with van der Waals surface area (Å²) < 4.78 is 5.38. The maximum absolute atomic E-state index is 9.48. The average molecular weight is 295 g/mol. The standard InChI is InChI=1S/C16H17N5O/c1-9-13-14(10-4-6-11(7-5-10)21(2)3)12(8-17)15(18)22-16(13)20-19-9/h4-7,12,14,18H,1-3H3,(H,19,20). The molecule has 2 unspecified atom stereocenters. The van der Waals surface area contributed by atoms with Crippen LogP contribution in [-0.2, 0) is 0 Å². The van der Waals surface area contributed by atoms with Gasteiger partial charge in [-0.1, -0.05) is 12.1 Å². The Morgan fingerprint density at radius 2 is 2.00 bits per heavy atom. The van der Waals surface area contributed by atoms with E-state index < -0.39 is 5.92 Å². The summed E-state index contributed by atoms with van der Waals surface area (Å²) in [5.41, 5.74) is 3.80. The van der Waals surface area contributed by atoms with Gasteiger partial charge in [0.2, 0.25) is 11.8 Å². The molecule has 6 nitrogen and oxygen atoms in total. The normalized spacial score (nSPS) is 20.0. The summed E-state index contributed by atoms with van der Waals surface area (Å²) in [5.74, 6) is -0.538. The van der Waals surface area contributed by atoms with Crippen LogP contribution in [0.1, 0.15) is 22.7 Å². The van der Waals surface area contributed by atoms with Crippen LogP contribution in [0.15, 0.2) is 24.3 Å². The zero-order chi connectivity index (χ0) is 15.9. The summed E-state index contributed by atoms with van der Waals surface area (Å²) in [6.45, 7) is 1.90. The van der Waals surface area contributed by atoms with Crippen LogP contribution in [0, 0.1) is 29.6 Å². The van der Waals surface area contributed by atoms with Gasteiger partial charge in [-0.3, -0.25) is 10.5 Å². The van der Waals surface area contributed by atoms with Gasteiger partial charge < -0.3 is 9.64 Å². The van der Waals surface area contributed by atoms with Crippen molar-refractivity contribution in [3.63, 3.8) is 0 Å². The number of benzene rings is 1. The van der Waals surface area contributed by atoms with E-state index in [2.05, 4.69) is 16.3 Å². The molecule has 0 spiro atoms. The van der Waals surface area contributed by atoms with E-state index in [-0.39, 0.29) is 11.8 Å². The quantitative estimate of drug-likeness (QED) is 0.890. The molecule has 0 radical (unpaired) electrons. The van der Waals surface area contributed by atoms with E-state index in [1.807, 2.05) is 50.2 Å². The number of ether oxygens (including phenoxy) is 1. The van der Waals surface area contributed by atoms with Crippen molar-refractivity contribution in [1.82, 2.24) is 10.2 Å². The molecule has 2 atom stereocenters. The van der Waals surface area contributed by atoms with Gasteiger partial charge in [0.15, 0.2) is 0 Å². The summed E-state index contributed by atoms with van der Waals surface area (Å²) in [4.78, 5) is 2.02. The van der Waals surface area contributed by atoms with E-state index >= 15 is 0 Å². The third-order valence-electron chi connectivity index (χ3n) is 4.00. The van der Waals surface area contributed by atoms with E-state index in [0.717, 1.165) is 22.5 Å². The monoisotopic (exact) mass is 295 g/mol. The van der Waals surface area contributed by atoms with Crippen molar-refractivity contribution in [3.8, 4) is 11.9 Å². The molecule has 1 aromatic heterocycles. The number of fused-ring (bicyclic) bond motifs is 1. The minimum Gasteiger partial charge on any atom is -0.422 e. The van der Waals surface area contributed by atoms with Crippen molar-refractivity contribution in [2.45, 2.75) is 12.8 Å². The molecule has 0 aliphatic carbocycles. The second kappa shape index (κ2) is 5.19. The Balaban J connectivity index is 2.11. The van der Waals surface area contributed by atoms with Crippen molar-refractivity contribution in [1.29, 1.82) is 10.7 Å². The molecule has 0 fully saturated rings. The Morgan fingerprint density at radius 1 is 1.32 bits per heavy atom. The fourth-order valence-electron chi connectivity index (χ4n) is 2.82. The van der Waals surface area contributed by atoms with E-state index in [4.69, 9.17) is 10.1 Å². The number of nitrogens with zero attached hydrogens (tertiary/aromatic N) is 3. The van der Waals surface area contributed by atoms with Crippen molar-refractivity contribution in [2.75, 3.05) is 19.0 Å². The highest BCUT2D eigenvalue weighted by Gasteiger charge is 2.39. The van der Waals surface area contributed by atoms with Crippen molar-refractivity contribution in [2.24, 2.45) is 5.92 Å². The lowest BCUT2D eigenvalue weighted by molar-refractivity contribution is 0.436. The maximum atomic E-state index is 9.48. The van der Waals surface area contributed by atoms with Gasteiger partial charge in [0.25, 0.3) is 0 Å². The fourth-order valence-corrected chi connectivity index (χ4v) is 2.82. The number of aromatic nitrogens is 2. The lowest BCUT2D eigenvalue weighted by atomic mass is 9.79. The van der Waals surface area contributed by atoms with Crippen LogP contribution in [-0.4, -0.2) is 30.2 Å².